The van der Waals surface area contributed by atoms with Crippen molar-refractivity contribution in [2.24, 2.45) is 0 Å². The highest BCUT2D eigenvalue weighted by Crippen LogP contribution is 2.18. The van der Waals surface area contributed by atoms with E-state index in [0.717, 1.165) is 16.3 Å². The lowest BCUT2D eigenvalue weighted by Crippen LogP contribution is -2.22. The number of carbonyl (C=O) groups is 1. The lowest BCUT2D eigenvalue weighted by molar-refractivity contribution is 0.0954. The average Bonchev–Trinajstić information content (AvgIpc) is 2.78. The molecule has 5 heteroatoms. The second kappa shape index (κ2) is 6.63. The number of nitrogens with one attached hydrogen (secondary N) is 1. The lowest BCUT2D eigenvalue weighted by Gasteiger charge is -2.05. The SMILES string of the molecule is COCc1nc(C)c(C(=O)NCc2cccc(C)c2)s1. The molecule has 1 amide bonds. The second-order valence-electron chi connectivity index (χ2n) is 4.63. The van der Waals surface area contributed by atoms with Crippen LogP contribution in [0.25, 0.3) is 0 Å². The molecule has 20 heavy (non-hydrogen) atoms. The van der Waals surface area contributed by atoms with Crippen molar-refractivity contribution in [2.75, 3.05) is 7.11 Å². The zero-order valence-corrected chi connectivity index (χ0v) is 12.7. The molecule has 1 heterocycles. The van der Waals surface area contributed by atoms with E-state index in [0.29, 0.717) is 18.0 Å². The number of nitrogens with zero attached hydrogens (tertiary/aromatic N) is 1. The summed E-state index contributed by atoms with van der Waals surface area (Å²) in [4.78, 5) is 17.1. The number of benzene rings is 1. The molecule has 1 aromatic heterocycles. The molecule has 0 aliphatic rings. The Morgan fingerprint density at radius 1 is 1.40 bits per heavy atom. The zero-order chi connectivity index (χ0) is 14.5. The first-order valence-electron chi connectivity index (χ1n) is 6.39. The van der Waals surface area contributed by atoms with Gasteiger partial charge in [-0.05, 0) is 19.4 Å². The van der Waals surface area contributed by atoms with Gasteiger partial charge in [-0.2, -0.15) is 0 Å². The van der Waals surface area contributed by atoms with Crippen LogP contribution in [0, 0.1) is 13.8 Å². The van der Waals surface area contributed by atoms with Crippen LogP contribution in [0.1, 0.15) is 31.5 Å². The van der Waals surface area contributed by atoms with E-state index >= 15 is 0 Å². The topological polar surface area (TPSA) is 51.2 Å². The summed E-state index contributed by atoms with van der Waals surface area (Å²) in [7, 11) is 1.62. The van der Waals surface area contributed by atoms with E-state index in [2.05, 4.69) is 16.4 Å². The van der Waals surface area contributed by atoms with Gasteiger partial charge in [-0.25, -0.2) is 4.98 Å². The Labute approximate surface area is 122 Å². The van der Waals surface area contributed by atoms with Crippen LogP contribution in [0.2, 0.25) is 0 Å². The molecule has 0 unspecified atom stereocenters. The van der Waals surface area contributed by atoms with Crippen molar-refractivity contribution in [1.29, 1.82) is 0 Å². The molecule has 106 valence electrons. The normalized spacial score (nSPS) is 10.6. The van der Waals surface area contributed by atoms with Crippen LogP contribution in [0.5, 0.6) is 0 Å². The maximum Gasteiger partial charge on any atom is 0.263 e. The van der Waals surface area contributed by atoms with Crippen molar-refractivity contribution in [3.63, 3.8) is 0 Å². The molecule has 0 aliphatic carbocycles. The smallest absolute Gasteiger partial charge is 0.263 e. The molecule has 0 saturated heterocycles. The van der Waals surface area contributed by atoms with Gasteiger partial charge >= 0.3 is 0 Å². The van der Waals surface area contributed by atoms with Gasteiger partial charge in [0.05, 0.1) is 12.3 Å². The number of carbonyl (C=O) groups excluding carboxylic acids is 1. The van der Waals surface area contributed by atoms with Gasteiger partial charge in [0.15, 0.2) is 0 Å². The summed E-state index contributed by atoms with van der Waals surface area (Å²) in [6.07, 6.45) is 0. The predicted octanol–water partition coefficient (Wildman–Crippen LogP) is 2.84. The predicted molar refractivity (Wildman–Crippen MR) is 79.9 cm³/mol. The van der Waals surface area contributed by atoms with Crippen LogP contribution < -0.4 is 5.32 Å². The Morgan fingerprint density at radius 2 is 2.20 bits per heavy atom. The number of methoxy groups -OCH3 is 1. The number of aryl methyl sites for hydroxylation is 2. The van der Waals surface area contributed by atoms with E-state index < -0.39 is 0 Å². The standard InChI is InChI=1S/C15H18N2O2S/c1-10-5-4-6-12(7-10)8-16-15(18)14-11(2)17-13(20-14)9-19-3/h4-7H,8-9H2,1-3H3,(H,16,18). The fraction of sp³-hybridized carbons (Fsp3) is 0.333. The summed E-state index contributed by atoms with van der Waals surface area (Å²) in [5.41, 5.74) is 3.04. The van der Waals surface area contributed by atoms with Crippen LogP contribution in [0.15, 0.2) is 24.3 Å². The van der Waals surface area contributed by atoms with Gasteiger partial charge in [0.1, 0.15) is 9.88 Å². The third-order valence-electron chi connectivity index (χ3n) is 2.85. The van der Waals surface area contributed by atoms with E-state index in [4.69, 9.17) is 4.74 Å². The van der Waals surface area contributed by atoms with E-state index in [1.165, 1.54) is 16.9 Å². The average molecular weight is 290 g/mol. The van der Waals surface area contributed by atoms with E-state index in [-0.39, 0.29) is 5.91 Å². The number of amides is 1. The first-order chi connectivity index (χ1) is 9.60. The summed E-state index contributed by atoms with van der Waals surface area (Å²) in [5, 5.41) is 3.75. The summed E-state index contributed by atoms with van der Waals surface area (Å²) >= 11 is 1.38. The minimum absolute atomic E-state index is 0.0798. The third-order valence-corrected chi connectivity index (χ3v) is 3.98. The van der Waals surface area contributed by atoms with E-state index in [9.17, 15) is 4.79 Å². The largest absolute Gasteiger partial charge is 0.378 e. The number of hydrogen-bond donors (Lipinski definition) is 1. The minimum atomic E-state index is -0.0798. The number of ether oxygens (including phenoxy) is 1. The first-order valence-corrected chi connectivity index (χ1v) is 7.21. The Bertz CT molecular complexity index is 608. The molecule has 0 fully saturated rings. The fourth-order valence-electron chi connectivity index (χ4n) is 1.93. The Morgan fingerprint density at radius 3 is 2.90 bits per heavy atom. The zero-order valence-electron chi connectivity index (χ0n) is 11.9. The Balaban J connectivity index is 2.01. The number of aromatic nitrogens is 1. The molecule has 0 bridgehead atoms. The van der Waals surface area contributed by atoms with Crippen LogP contribution >= 0.6 is 11.3 Å². The number of rotatable bonds is 5. The highest BCUT2D eigenvalue weighted by molar-refractivity contribution is 7.13. The van der Waals surface area contributed by atoms with Gasteiger partial charge in [0.2, 0.25) is 0 Å². The second-order valence-corrected chi connectivity index (χ2v) is 5.71. The molecule has 1 N–H and O–H groups in total. The summed E-state index contributed by atoms with van der Waals surface area (Å²) < 4.78 is 5.03. The van der Waals surface area contributed by atoms with Crippen LogP contribution in [-0.4, -0.2) is 18.0 Å². The molecule has 0 saturated carbocycles. The molecule has 1 aromatic carbocycles. The number of hydrogen-bond acceptors (Lipinski definition) is 4. The van der Waals surface area contributed by atoms with Gasteiger partial charge in [0.25, 0.3) is 5.91 Å². The molecule has 4 nitrogen and oxygen atoms in total. The van der Waals surface area contributed by atoms with Crippen LogP contribution in [0.4, 0.5) is 0 Å². The molecule has 0 aliphatic heterocycles. The van der Waals surface area contributed by atoms with Crippen molar-refractivity contribution < 1.29 is 9.53 Å². The van der Waals surface area contributed by atoms with Crippen molar-refractivity contribution in [3.05, 3.63) is 51.0 Å². The Hall–Kier alpha value is -1.72. The molecular formula is C15H18N2O2S. The van der Waals surface area contributed by atoms with Crippen molar-refractivity contribution in [1.82, 2.24) is 10.3 Å². The van der Waals surface area contributed by atoms with E-state index in [1.807, 2.05) is 32.0 Å². The minimum Gasteiger partial charge on any atom is -0.378 e. The van der Waals surface area contributed by atoms with Gasteiger partial charge in [-0.1, -0.05) is 29.8 Å². The number of thiazole rings is 1. The molecular weight excluding hydrogens is 272 g/mol. The quantitative estimate of drug-likeness (QED) is 0.921. The molecule has 0 spiro atoms. The van der Waals surface area contributed by atoms with Crippen LogP contribution in [-0.2, 0) is 17.9 Å². The molecule has 0 radical (unpaired) electrons. The monoisotopic (exact) mass is 290 g/mol. The van der Waals surface area contributed by atoms with Gasteiger partial charge in [-0.15, -0.1) is 11.3 Å². The maximum absolute atomic E-state index is 12.2. The van der Waals surface area contributed by atoms with E-state index in [1.54, 1.807) is 7.11 Å². The highest BCUT2D eigenvalue weighted by Gasteiger charge is 2.14. The van der Waals surface area contributed by atoms with Gasteiger partial charge < -0.3 is 10.1 Å². The van der Waals surface area contributed by atoms with Crippen molar-refractivity contribution in [2.45, 2.75) is 27.0 Å². The van der Waals surface area contributed by atoms with Crippen molar-refractivity contribution >= 4 is 17.2 Å². The lowest BCUT2D eigenvalue weighted by atomic mass is 10.1. The summed E-state index contributed by atoms with van der Waals surface area (Å²) in [6, 6.07) is 8.10. The fourth-order valence-corrected chi connectivity index (χ4v) is 2.89. The third kappa shape index (κ3) is 3.65. The first kappa shape index (κ1) is 14.7. The maximum atomic E-state index is 12.2. The highest BCUT2D eigenvalue weighted by atomic mass is 32.1. The summed E-state index contributed by atoms with van der Waals surface area (Å²) in [5.74, 6) is -0.0798. The molecule has 2 aromatic rings. The Kier molecular flexibility index (Phi) is 4.87. The van der Waals surface area contributed by atoms with Crippen LogP contribution in [0.3, 0.4) is 0 Å². The molecule has 0 atom stereocenters. The molecule has 2 rings (SSSR count). The van der Waals surface area contributed by atoms with Crippen molar-refractivity contribution in [3.8, 4) is 0 Å². The van der Waals surface area contributed by atoms with Gasteiger partial charge in [-0.3, -0.25) is 4.79 Å². The summed E-state index contributed by atoms with van der Waals surface area (Å²) in [6.45, 7) is 4.85. The van der Waals surface area contributed by atoms with Gasteiger partial charge in [0, 0.05) is 13.7 Å².